The third-order valence-corrected chi connectivity index (χ3v) is 62.1. The first-order valence-corrected chi connectivity index (χ1v) is 70.0. The van der Waals surface area contributed by atoms with E-state index in [2.05, 4.69) is 245 Å². The van der Waals surface area contributed by atoms with Crippen molar-refractivity contribution in [3.05, 3.63) is 56.1 Å². The van der Waals surface area contributed by atoms with Gasteiger partial charge in [-0.05, 0) is 165 Å². The zero-order chi connectivity index (χ0) is 81.3. The van der Waals surface area contributed by atoms with Crippen molar-refractivity contribution in [3.8, 4) is 41.8 Å². The zero-order valence-electron chi connectivity index (χ0n) is 75.1. The third-order valence-electron chi connectivity index (χ3n) is 27.4. The van der Waals surface area contributed by atoms with Gasteiger partial charge < -0.3 is 0 Å². The second-order valence-corrected chi connectivity index (χ2v) is 73.2. The number of fused-ring (bicyclic) bond motifs is 12. The van der Waals surface area contributed by atoms with Crippen LogP contribution in [0.25, 0.3) is 41.8 Å². The van der Waals surface area contributed by atoms with Crippen LogP contribution in [0, 0.1) is 0 Å². The predicted molar refractivity (Wildman–Crippen MR) is 550 cm³/mol. The van der Waals surface area contributed by atoms with E-state index in [9.17, 15) is 0 Å². The minimum atomic E-state index is -1.94. The number of rotatable bonds is 58. The Labute approximate surface area is 742 Å². The number of thiophene rings is 4. The van der Waals surface area contributed by atoms with Gasteiger partial charge in [-0.15, -0.1) is 45.3 Å². The van der Waals surface area contributed by atoms with Crippen LogP contribution in [-0.2, 0) is 0 Å². The standard InChI is InChI=1S/C52H90S2Si4.C46H72Br2S2Si2.BHNS/c1-11-15-19-23-27-31-35-57(36-32-28-24-20-16-12-2)45-39-44-46(40-43(45)51-47(57)41-49(53-51)55(5,6)7)58(37-33-29-25-21-17-13-3,38-34-30-26-22-18-14-4)48-42-50(54-52(44)48)56(8,9)10;1-5-9-13-17-21-25-29-51(30-26-22-18-14-10-6-2)39-33-38-40(34-37(39)45-41(51)35-43(47)49-45)52(31-27-23-19-15-11-7-3,32-28-24-20-16-12-8-4)42-36-44(48)50-46(38)42;1-2-3/h39-42H,11-38H2,1-10H3;33-36H,5-32H2,1-4H3;3H. The molecule has 0 amide bonds. The van der Waals surface area contributed by atoms with Crippen LogP contribution in [0.1, 0.15) is 364 Å². The maximum absolute atomic E-state index is 4.34. The van der Waals surface area contributed by atoms with Gasteiger partial charge in [-0.2, -0.15) is 0 Å². The Kier molecular flexibility index (Phi) is 43.8. The van der Waals surface area contributed by atoms with Crippen LogP contribution in [-0.4, -0.2) is 56.1 Å². The summed E-state index contributed by atoms with van der Waals surface area (Å²) in [6.45, 7) is 34.6. The molecule has 1 radical (unpaired) electrons. The van der Waals surface area contributed by atoms with Crippen molar-refractivity contribution in [3.63, 3.8) is 0 Å². The number of hydrogen-bond acceptors (Lipinski definition) is 6. The molecular formula is C98H163BBr2NS5Si6. The summed E-state index contributed by atoms with van der Waals surface area (Å²) < 4.78 is 9.01. The van der Waals surface area contributed by atoms with Gasteiger partial charge >= 0.3 is 24.8 Å². The topological polar surface area (TPSA) is 12.4 Å². The van der Waals surface area contributed by atoms with Crippen LogP contribution in [0.3, 0.4) is 0 Å². The normalized spacial score (nSPS) is 14.8. The summed E-state index contributed by atoms with van der Waals surface area (Å²) in [6, 6.07) is 34.6. The van der Waals surface area contributed by atoms with Crippen LogP contribution in [0.15, 0.2) is 60.4 Å². The molecule has 6 aromatic rings. The van der Waals surface area contributed by atoms with Crippen molar-refractivity contribution in [2.24, 2.45) is 4.30 Å². The molecule has 0 fully saturated rings. The van der Waals surface area contributed by atoms with Gasteiger partial charge in [0, 0.05) is 19.5 Å². The van der Waals surface area contributed by atoms with Gasteiger partial charge in [-0.1, -0.05) is 439 Å². The second kappa shape index (κ2) is 50.5. The predicted octanol–water partition coefficient (Wildman–Crippen LogP) is 31.5. The molecule has 15 heteroatoms. The Bertz CT molecular complexity index is 3440. The molecule has 0 N–H and O–H groups in total. The second-order valence-electron chi connectivity index (χ2n) is 38.3. The van der Waals surface area contributed by atoms with Gasteiger partial charge in [0.1, 0.15) is 32.3 Å². The number of unbranched alkanes of at least 4 members (excludes halogenated alkanes) is 40. The number of benzene rings is 2. The summed E-state index contributed by atoms with van der Waals surface area (Å²) in [5, 5.41) is 15.0. The Balaban J connectivity index is 0.000000275. The van der Waals surface area contributed by atoms with Crippen LogP contribution < -0.4 is 50.5 Å². The quantitative estimate of drug-likeness (QED) is 0.0222. The van der Waals surface area contributed by atoms with Gasteiger partial charge in [-0.3, -0.25) is 0 Å². The van der Waals surface area contributed by atoms with Crippen molar-refractivity contribution in [1.29, 1.82) is 0 Å². The van der Waals surface area contributed by atoms with Gasteiger partial charge in [0.2, 0.25) is 0 Å². The third kappa shape index (κ3) is 25.9. The van der Waals surface area contributed by atoms with Gasteiger partial charge in [0.25, 0.3) is 0 Å². The minimum absolute atomic E-state index is 1.34. The fourth-order valence-electron chi connectivity index (χ4n) is 20.9. The molecule has 4 aromatic heterocycles. The van der Waals surface area contributed by atoms with Gasteiger partial charge in [-0.25, -0.2) is 0 Å². The zero-order valence-corrected chi connectivity index (χ0v) is 88.4. The van der Waals surface area contributed by atoms with Crippen molar-refractivity contribution in [1.82, 2.24) is 0 Å². The Morgan fingerprint density at radius 2 is 0.416 bits per heavy atom. The molecule has 113 heavy (non-hydrogen) atoms. The molecular weight excluding hydrogens is 1690 g/mol. The van der Waals surface area contributed by atoms with Crippen molar-refractivity contribution in [2.75, 3.05) is 0 Å². The monoisotopic (exact) mass is 1850 g/mol. The molecule has 0 aliphatic carbocycles. The molecule has 0 saturated heterocycles. The van der Waals surface area contributed by atoms with E-state index in [0.29, 0.717) is 0 Å². The number of nitrogens with zero attached hydrogens (tertiary/aromatic N) is 1. The summed E-state index contributed by atoms with van der Waals surface area (Å²) in [7, 11) is -6.20. The fraction of sp³-hybridized carbons (Fsp3) is 0.714. The van der Waals surface area contributed by atoms with E-state index in [0.717, 1.165) is 0 Å². The van der Waals surface area contributed by atoms with E-state index < -0.39 is 48.4 Å². The molecule has 631 valence electrons. The number of halogens is 2. The molecule has 0 atom stereocenters. The molecule has 0 bridgehead atoms. The first-order chi connectivity index (χ1) is 54.7. The van der Waals surface area contributed by atoms with Gasteiger partial charge in [0.05, 0.1) is 23.7 Å². The average Bonchev–Trinajstić information content (AvgIpc) is 1.53. The number of hydrogen-bond donors (Lipinski definition) is 1. The average molecular weight is 1850 g/mol. The fourth-order valence-corrected chi connectivity index (χ4v) is 56.1. The molecule has 0 saturated carbocycles. The van der Waals surface area contributed by atoms with E-state index >= 15 is 0 Å². The van der Waals surface area contributed by atoms with E-state index in [-0.39, 0.29) is 0 Å². The molecule has 0 unspecified atom stereocenters. The van der Waals surface area contributed by atoms with E-state index in [1.807, 2.05) is 41.5 Å². The molecule has 10 rings (SSSR count). The van der Waals surface area contributed by atoms with E-state index in [1.54, 1.807) is 50.8 Å². The SMILES string of the molecule is CCCCCCCC[Si]1(CCCCCCCC)c2cc3c(cc2-c2sc(Br)cc21)[Si](CCCCCCCC)(CCCCCCCC)c1cc(Br)sc1-3.CCCCCCCC[Si]1(CCCCCCCC)c2cc3c(cc2-c2sc([Si](C)(C)C)cc21)[Si](CCCCCCCC)(CCCCCCCC)c1cc([Si](C)(C)C)sc1-3.[B]=NS. The molecule has 0 spiro atoms. The summed E-state index contributed by atoms with van der Waals surface area (Å²) in [5.74, 6) is 0. The molecule has 2 aromatic carbocycles. The Hall–Kier alpha value is -0.284. The molecule has 1 nitrogen and oxygen atoms in total. The first-order valence-electron chi connectivity index (χ1n) is 48.1. The Morgan fingerprint density at radius 1 is 0.257 bits per heavy atom. The van der Waals surface area contributed by atoms with Crippen molar-refractivity contribution in [2.45, 2.75) is 451 Å². The molecule has 4 aliphatic heterocycles. The van der Waals surface area contributed by atoms with Crippen molar-refractivity contribution < 1.29 is 0 Å². The summed E-state index contributed by atoms with van der Waals surface area (Å²) in [5.41, 5.74) is 6.94. The Morgan fingerprint density at radius 3 is 0.593 bits per heavy atom. The summed E-state index contributed by atoms with van der Waals surface area (Å²) in [4.78, 5) is 6.90. The van der Waals surface area contributed by atoms with E-state index in [4.69, 9.17) is 0 Å². The van der Waals surface area contributed by atoms with Gasteiger partial charge in [0.15, 0.2) is 0 Å². The first kappa shape index (κ1) is 98.2. The molecule has 8 heterocycles. The van der Waals surface area contributed by atoms with E-state index in [1.165, 1.54) is 364 Å². The van der Waals surface area contributed by atoms with Crippen LogP contribution in [0.4, 0.5) is 0 Å². The number of thiol groups is 1. The van der Waals surface area contributed by atoms with Crippen LogP contribution in [0.2, 0.25) is 87.6 Å². The maximum atomic E-state index is 4.34. The molecule has 4 aliphatic rings. The summed E-state index contributed by atoms with van der Waals surface area (Å²) in [6.07, 6.45) is 67.7. The van der Waals surface area contributed by atoms with Crippen LogP contribution >= 0.6 is 90.0 Å². The van der Waals surface area contributed by atoms with Crippen LogP contribution in [0.5, 0.6) is 0 Å². The van der Waals surface area contributed by atoms with Crippen molar-refractivity contribution >= 4 is 197 Å². The summed E-state index contributed by atoms with van der Waals surface area (Å²) >= 11 is 20.0.